The lowest BCUT2D eigenvalue weighted by molar-refractivity contribution is -0.127. The van der Waals surface area contributed by atoms with Gasteiger partial charge in [0.25, 0.3) is 5.91 Å². The molecule has 7 heteroatoms. The van der Waals surface area contributed by atoms with Crippen LogP contribution in [-0.4, -0.2) is 64.0 Å². The molecule has 1 aliphatic heterocycles. The molecule has 3 rings (SSSR count). The van der Waals surface area contributed by atoms with Gasteiger partial charge in [0.05, 0.1) is 33.5 Å². The number of amides is 1. The summed E-state index contributed by atoms with van der Waals surface area (Å²) in [4.78, 5) is 15.2. The molecule has 2 aromatic rings. The van der Waals surface area contributed by atoms with Crippen LogP contribution in [0.5, 0.6) is 17.2 Å². The summed E-state index contributed by atoms with van der Waals surface area (Å²) in [5.74, 6) is 1.87. The first-order valence-electron chi connectivity index (χ1n) is 11.8. The number of benzene rings is 2. The Labute approximate surface area is 203 Å². The highest BCUT2D eigenvalue weighted by atomic mass is 16.5. The predicted octanol–water partition coefficient (Wildman–Crippen LogP) is 3.96. The van der Waals surface area contributed by atoms with Gasteiger partial charge < -0.3 is 24.3 Å². The van der Waals surface area contributed by atoms with Gasteiger partial charge in [-0.25, -0.2) is 0 Å². The summed E-state index contributed by atoms with van der Waals surface area (Å²) in [5.41, 5.74) is 2.34. The highest BCUT2D eigenvalue weighted by Gasteiger charge is 2.26. The summed E-state index contributed by atoms with van der Waals surface area (Å²) in [6, 6.07) is 13.8. The van der Waals surface area contributed by atoms with Crippen LogP contribution in [0.4, 0.5) is 0 Å². The van der Waals surface area contributed by atoms with Crippen molar-refractivity contribution in [1.29, 1.82) is 0 Å². The van der Waals surface area contributed by atoms with Gasteiger partial charge in [0, 0.05) is 19.6 Å². The molecular formula is C27H38N2O5. The molecule has 0 radical (unpaired) electrons. The predicted molar refractivity (Wildman–Crippen MR) is 133 cm³/mol. The fourth-order valence-electron chi connectivity index (χ4n) is 4.04. The molecule has 0 aliphatic carbocycles. The third-order valence-electron chi connectivity index (χ3n) is 6.15. The molecule has 1 amide bonds. The molecule has 1 fully saturated rings. The number of ether oxygens (including phenoxy) is 4. The van der Waals surface area contributed by atoms with Crippen molar-refractivity contribution in [2.45, 2.75) is 45.3 Å². The maximum atomic E-state index is 12.9. The minimum atomic E-state index is -0.615. The number of nitrogens with one attached hydrogen (secondary N) is 1. The van der Waals surface area contributed by atoms with E-state index in [9.17, 15) is 4.79 Å². The van der Waals surface area contributed by atoms with Crippen LogP contribution in [0.1, 0.15) is 44.9 Å². The lowest BCUT2D eigenvalue weighted by Crippen LogP contribution is -2.45. The molecule has 2 aromatic carbocycles. The lowest BCUT2D eigenvalue weighted by Gasteiger charge is -2.35. The van der Waals surface area contributed by atoms with Gasteiger partial charge in [-0.05, 0) is 47.7 Å². The summed E-state index contributed by atoms with van der Waals surface area (Å²) < 4.78 is 22.3. The second-order valence-electron chi connectivity index (χ2n) is 9.56. The van der Waals surface area contributed by atoms with E-state index in [2.05, 4.69) is 31.0 Å². The van der Waals surface area contributed by atoms with Crippen molar-refractivity contribution < 1.29 is 23.7 Å². The Morgan fingerprint density at radius 1 is 1.03 bits per heavy atom. The van der Waals surface area contributed by atoms with Crippen molar-refractivity contribution in [3.05, 3.63) is 53.6 Å². The summed E-state index contributed by atoms with van der Waals surface area (Å²) in [6.07, 6.45) is -0.615. The Balaban J connectivity index is 1.67. The molecule has 0 aromatic heterocycles. The van der Waals surface area contributed by atoms with Gasteiger partial charge >= 0.3 is 0 Å². The van der Waals surface area contributed by atoms with Crippen LogP contribution in [0.25, 0.3) is 0 Å². The third-order valence-corrected chi connectivity index (χ3v) is 6.15. The first kappa shape index (κ1) is 25.8. The molecule has 1 N–H and O–H groups in total. The number of nitrogens with zero attached hydrogens (tertiary/aromatic N) is 1. The summed E-state index contributed by atoms with van der Waals surface area (Å²) in [5, 5.41) is 3.08. The van der Waals surface area contributed by atoms with Gasteiger partial charge in [0.1, 0.15) is 5.75 Å². The number of morpholine rings is 1. The second-order valence-corrected chi connectivity index (χ2v) is 9.56. The second kappa shape index (κ2) is 11.6. The number of hydrogen-bond acceptors (Lipinski definition) is 6. The Morgan fingerprint density at radius 3 is 2.26 bits per heavy atom. The summed E-state index contributed by atoms with van der Waals surface area (Å²) >= 11 is 0. The summed E-state index contributed by atoms with van der Waals surface area (Å²) in [7, 11) is 3.25. The number of carbonyl (C=O) groups is 1. The molecule has 0 spiro atoms. The largest absolute Gasteiger partial charge is 0.493 e. The fraction of sp³-hybridized carbons (Fsp3) is 0.519. The minimum absolute atomic E-state index is 0.0223. The first-order chi connectivity index (χ1) is 16.2. The molecule has 186 valence electrons. The molecule has 34 heavy (non-hydrogen) atoms. The molecule has 1 heterocycles. The molecule has 1 saturated heterocycles. The van der Waals surface area contributed by atoms with E-state index >= 15 is 0 Å². The van der Waals surface area contributed by atoms with Gasteiger partial charge in [0.2, 0.25) is 0 Å². The van der Waals surface area contributed by atoms with Crippen molar-refractivity contribution in [2.24, 2.45) is 0 Å². The Bertz CT molecular complexity index is 933. The Morgan fingerprint density at radius 2 is 1.68 bits per heavy atom. The average molecular weight is 471 g/mol. The third kappa shape index (κ3) is 6.64. The van der Waals surface area contributed by atoms with Crippen LogP contribution < -0.4 is 19.5 Å². The van der Waals surface area contributed by atoms with Gasteiger partial charge in [-0.2, -0.15) is 0 Å². The maximum absolute atomic E-state index is 12.9. The van der Waals surface area contributed by atoms with E-state index in [0.717, 1.165) is 18.7 Å². The van der Waals surface area contributed by atoms with Crippen molar-refractivity contribution in [3.8, 4) is 17.2 Å². The zero-order chi connectivity index (χ0) is 24.7. The van der Waals surface area contributed by atoms with Crippen LogP contribution >= 0.6 is 0 Å². The minimum Gasteiger partial charge on any atom is -0.493 e. The first-order valence-corrected chi connectivity index (χ1v) is 11.8. The monoisotopic (exact) mass is 470 g/mol. The quantitative estimate of drug-likeness (QED) is 0.598. The normalized spacial score (nSPS) is 16.4. The lowest BCUT2D eigenvalue weighted by atomic mass is 9.87. The Hall–Kier alpha value is -2.77. The van der Waals surface area contributed by atoms with Crippen molar-refractivity contribution in [3.63, 3.8) is 0 Å². The zero-order valence-electron chi connectivity index (χ0n) is 21.2. The van der Waals surface area contributed by atoms with E-state index < -0.39 is 6.10 Å². The topological polar surface area (TPSA) is 69.3 Å². The number of hydrogen-bond donors (Lipinski definition) is 1. The highest BCUT2D eigenvalue weighted by molar-refractivity contribution is 5.80. The SMILES string of the molecule is COc1ccc([C@H](CNC(=O)[C@H](C)Oc2ccc(C(C)(C)C)cc2)N2CCOCC2)cc1OC. The van der Waals surface area contributed by atoms with Crippen LogP contribution in [0.3, 0.4) is 0 Å². The zero-order valence-corrected chi connectivity index (χ0v) is 21.2. The van der Waals surface area contributed by atoms with Crippen LogP contribution in [0.2, 0.25) is 0 Å². The molecule has 0 unspecified atom stereocenters. The van der Waals surface area contributed by atoms with Gasteiger partial charge in [-0.1, -0.05) is 39.0 Å². The summed E-state index contributed by atoms with van der Waals surface area (Å²) in [6.45, 7) is 11.6. The van der Waals surface area contributed by atoms with Gasteiger partial charge in [0.15, 0.2) is 17.6 Å². The van der Waals surface area contributed by atoms with E-state index in [1.807, 2.05) is 42.5 Å². The molecular weight excluding hydrogens is 432 g/mol. The van der Waals surface area contributed by atoms with E-state index in [-0.39, 0.29) is 17.4 Å². The van der Waals surface area contributed by atoms with E-state index in [1.165, 1.54) is 5.56 Å². The Kier molecular flexibility index (Phi) is 8.80. The smallest absolute Gasteiger partial charge is 0.260 e. The van der Waals surface area contributed by atoms with Crippen LogP contribution in [-0.2, 0) is 14.9 Å². The van der Waals surface area contributed by atoms with Gasteiger partial charge in [-0.15, -0.1) is 0 Å². The standard InChI is InChI=1S/C27H38N2O5/c1-19(34-22-10-8-21(9-11-22)27(2,3)4)26(30)28-18-23(29-13-15-33-16-14-29)20-7-12-24(31-5)25(17-20)32-6/h7-12,17,19,23H,13-16,18H2,1-6H3,(H,28,30)/t19-,23-/m0/s1. The van der Waals surface area contributed by atoms with E-state index in [0.29, 0.717) is 37.0 Å². The van der Waals surface area contributed by atoms with Gasteiger partial charge in [-0.3, -0.25) is 9.69 Å². The van der Waals surface area contributed by atoms with Crippen LogP contribution in [0, 0.1) is 0 Å². The average Bonchev–Trinajstić information content (AvgIpc) is 2.84. The highest BCUT2D eigenvalue weighted by Crippen LogP contribution is 2.32. The number of carbonyl (C=O) groups excluding carboxylic acids is 1. The molecule has 2 atom stereocenters. The maximum Gasteiger partial charge on any atom is 0.260 e. The van der Waals surface area contributed by atoms with Crippen molar-refractivity contribution in [2.75, 3.05) is 47.1 Å². The number of methoxy groups -OCH3 is 2. The molecule has 0 saturated carbocycles. The molecule has 1 aliphatic rings. The van der Waals surface area contributed by atoms with Crippen molar-refractivity contribution >= 4 is 5.91 Å². The van der Waals surface area contributed by atoms with Crippen molar-refractivity contribution in [1.82, 2.24) is 10.2 Å². The van der Waals surface area contributed by atoms with E-state index in [4.69, 9.17) is 18.9 Å². The van der Waals surface area contributed by atoms with Crippen LogP contribution in [0.15, 0.2) is 42.5 Å². The number of rotatable bonds is 9. The fourth-order valence-corrected chi connectivity index (χ4v) is 4.04. The molecule has 7 nitrogen and oxygen atoms in total. The van der Waals surface area contributed by atoms with E-state index in [1.54, 1.807) is 21.1 Å². The molecule has 0 bridgehead atoms.